The van der Waals surface area contributed by atoms with Crippen LogP contribution >= 0.6 is 12.9 Å². The number of unbranched alkanes of at least 4 members (excludes halogenated alkanes) is 1. The maximum absolute atomic E-state index is 3.66. The summed E-state index contributed by atoms with van der Waals surface area (Å²) in [6.45, 7) is 2.31. The van der Waals surface area contributed by atoms with Gasteiger partial charge in [-0.2, -0.15) is 0 Å². The fraction of sp³-hybridized carbons (Fsp3) is 1.00. The molecule has 0 heterocycles. The van der Waals surface area contributed by atoms with Crippen LogP contribution in [0.15, 0.2) is 0 Å². The van der Waals surface area contributed by atoms with E-state index in [-0.39, 0.29) is 18.2 Å². The fourth-order valence-electron chi connectivity index (χ4n) is 2.67. The highest BCUT2D eigenvalue weighted by Gasteiger charge is 2.19. The predicted octanol–water partition coefficient (Wildman–Crippen LogP) is 4.81. The Hall–Kier alpha value is 1.25. The van der Waals surface area contributed by atoms with Crippen LogP contribution in [0.25, 0.3) is 0 Å². The van der Waals surface area contributed by atoms with E-state index in [1.165, 1.54) is 55.9 Å². The lowest BCUT2D eigenvalue weighted by molar-refractivity contribution is 0.255. The highest BCUT2D eigenvalue weighted by molar-refractivity contribution is 9.23. The topological polar surface area (TPSA) is 0 Å². The van der Waals surface area contributed by atoms with Gasteiger partial charge in [0.05, 0.1) is 0 Å². The van der Waals surface area contributed by atoms with Gasteiger partial charge in [0.25, 0.3) is 0 Å². The number of rotatable bonds is 6. The molecule has 14 heavy (non-hydrogen) atoms. The molecule has 1 rings (SSSR count). The van der Waals surface area contributed by atoms with Gasteiger partial charge in [0, 0.05) is 0 Å². The Bertz CT molecular complexity index is 114. The molecule has 0 spiro atoms. The van der Waals surface area contributed by atoms with Crippen molar-refractivity contribution in [1.82, 2.24) is 0 Å². The van der Waals surface area contributed by atoms with Gasteiger partial charge in [0.1, 0.15) is 0 Å². The Morgan fingerprint density at radius 2 is 1.64 bits per heavy atom. The molecule has 80 valence electrons. The third-order valence-corrected chi connectivity index (χ3v) is 6.04. The minimum Gasteiger partial charge on any atom is -0.307 e. The van der Waals surface area contributed by atoms with Crippen molar-refractivity contribution in [3.8, 4) is 0 Å². The molecular weight excluding hydrogens is 248 g/mol. The van der Waals surface area contributed by atoms with Crippen LogP contribution in [-0.2, 0) is 0 Å². The maximum atomic E-state index is 3.66. The molecule has 0 unspecified atom stereocenters. The molecule has 1 aliphatic rings. The standard InChI is InChI=1S/C12H23.BrH.Mg/c1-3-5-6-12-9-7-11(4-2)8-10-12;;/h11-12H,2-10H2,1H3;1H;/q;;+1/p-1. The van der Waals surface area contributed by atoms with Crippen molar-refractivity contribution in [3.05, 3.63) is 0 Å². The molecule has 1 aliphatic carbocycles. The molecule has 0 N–H and O–H groups in total. The van der Waals surface area contributed by atoms with Gasteiger partial charge in [0.15, 0.2) is 0 Å². The second-order valence-corrected chi connectivity index (χ2v) is 8.32. The van der Waals surface area contributed by atoms with Crippen molar-refractivity contribution in [3.63, 3.8) is 0 Å². The summed E-state index contributed by atoms with van der Waals surface area (Å²) in [5.74, 6) is 2.19. The Morgan fingerprint density at radius 1 is 1.07 bits per heavy atom. The third-order valence-electron chi connectivity index (χ3n) is 3.68. The SMILES string of the molecule is CCCCC1CCC(C[CH2][Mg][Br])CC1. The molecule has 0 aromatic rings. The molecular formula is C12H23BrMg. The van der Waals surface area contributed by atoms with E-state index in [2.05, 4.69) is 19.8 Å². The van der Waals surface area contributed by atoms with E-state index in [0.29, 0.717) is 0 Å². The lowest BCUT2D eigenvalue weighted by atomic mass is 9.79. The number of hydrogen-bond donors (Lipinski definition) is 0. The quantitative estimate of drug-likeness (QED) is 0.608. The molecule has 0 saturated heterocycles. The van der Waals surface area contributed by atoms with E-state index in [9.17, 15) is 0 Å². The first-order chi connectivity index (χ1) is 6.86. The number of hydrogen-bond acceptors (Lipinski definition) is 0. The predicted molar refractivity (Wildman–Crippen MR) is 69.1 cm³/mol. The normalized spacial score (nSPS) is 27.3. The highest BCUT2D eigenvalue weighted by atomic mass is 79.9. The first kappa shape index (κ1) is 13.3. The minimum atomic E-state index is 0.155. The second-order valence-electron chi connectivity index (χ2n) is 4.86. The first-order valence-corrected chi connectivity index (χ1v) is 11.3. The zero-order valence-corrected chi connectivity index (χ0v) is 12.6. The van der Waals surface area contributed by atoms with Crippen LogP contribution in [0, 0.1) is 11.8 Å². The Labute approximate surface area is 105 Å². The molecule has 2 heteroatoms. The average molecular weight is 272 g/mol. The van der Waals surface area contributed by atoms with Crippen molar-refractivity contribution < 1.29 is 0 Å². The molecule has 0 radical (unpaired) electrons. The van der Waals surface area contributed by atoms with Crippen LogP contribution in [0.2, 0.25) is 4.55 Å². The summed E-state index contributed by atoms with van der Waals surface area (Å²) < 4.78 is 1.52. The third kappa shape index (κ3) is 5.36. The summed E-state index contributed by atoms with van der Waals surface area (Å²) in [7, 11) is 0. The lowest BCUT2D eigenvalue weighted by Crippen LogP contribution is -2.14. The summed E-state index contributed by atoms with van der Waals surface area (Å²) in [6, 6.07) is 0. The van der Waals surface area contributed by atoms with E-state index < -0.39 is 0 Å². The molecule has 0 aliphatic heterocycles. The van der Waals surface area contributed by atoms with Crippen LogP contribution in [0.3, 0.4) is 0 Å². The first-order valence-electron chi connectivity index (χ1n) is 6.42. The van der Waals surface area contributed by atoms with Crippen LogP contribution in [0.4, 0.5) is 0 Å². The van der Waals surface area contributed by atoms with Gasteiger partial charge in [-0.05, 0) is 11.8 Å². The van der Waals surface area contributed by atoms with Crippen molar-refractivity contribution in [2.45, 2.75) is 62.8 Å². The van der Waals surface area contributed by atoms with Crippen LogP contribution in [-0.4, -0.2) is 18.2 Å². The van der Waals surface area contributed by atoms with Crippen LogP contribution in [0.5, 0.6) is 0 Å². The Balaban J connectivity index is 2.05. The minimum absolute atomic E-state index is 0.155. The van der Waals surface area contributed by atoms with Gasteiger partial charge in [-0.3, -0.25) is 0 Å². The monoisotopic (exact) mass is 270 g/mol. The van der Waals surface area contributed by atoms with E-state index in [0.717, 1.165) is 11.8 Å². The molecule has 0 bridgehead atoms. The Kier molecular flexibility index (Phi) is 7.99. The molecule has 0 nitrogen and oxygen atoms in total. The van der Waals surface area contributed by atoms with Crippen LogP contribution in [0.1, 0.15) is 58.3 Å². The van der Waals surface area contributed by atoms with Gasteiger partial charge < -0.3 is 12.9 Å². The molecule has 0 atom stereocenters. The summed E-state index contributed by atoms with van der Waals surface area (Å²) in [5.41, 5.74) is 0. The zero-order valence-electron chi connectivity index (χ0n) is 9.60. The lowest BCUT2D eigenvalue weighted by Gasteiger charge is -2.28. The number of halogens is 1. The highest BCUT2D eigenvalue weighted by Crippen LogP contribution is 2.34. The van der Waals surface area contributed by atoms with Crippen molar-refractivity contribution in [1.29, 1.82) is 0 Å². The van der Waals surface area contributed by atoms with E-state index >= 15 is 0 Å². The van der Waals surface area contributed by atoms with Gasteiger partial charge in [0.2, 0.25) is 0 Å². The Morgan fingerprint density at radius 3 is 2.14 bits per heavy atom. The summed E-state index contributed by atoms with van der Waals surface area (Å²) >= 11 is 3.82. The molecule has 0 aromatic carbocycles. The van der Waals surface area contributed by atoms with Crippen molar-refractivity contribution >= 4 is 31.1 Å². The van der Waals surface area contributed by atoms with Gasteiger partial charge in [-0.1, -0.05) is 58.3 Å². The van der Waals surface area contributed by atoms with Gasteiger partial charge in [-0.15, -0.1) is 4.55 Å². The maximum Gasteiger partial charge on any atom is 0.468 e. The largest absolute Gasteiger partial charge is 0.468 e. The fourth-order valence-corrected chi connectivity index (χ4v) is 4.37. The van der Waals surface area contributed by atoms with E-state index in [1.807, 2.05) is 0 Å². The molecule has 1 fully saturated rings. The molecule has 0 aromatic heterocycles. The summed E-state index contributed by atoms with van der Waals surface area (Å²) in [4.78, 5) is 0. The summed E-state index contributed by atoms with van der Waals surface area (Å²) in [5, 5.41) is 0. The summed E-state index contributed by atoms with van der Waals surface area (Å²) in [6.07, 6.45) is 12.0. The zero-order chi connectivity index (χ0) is 10.2. The second kappa shape index (κ2) is 8.40. The average Bonchev–Trinajstić information content (AvgIpc) is 2.25. The van der Waals surface area contributed by atoms with Crippen LogP contribution < -0.4 is 0 Å². The molecule has 1 saturated carbocycles. The smallest absolute Gasteiger partial charge is 0.307 e. The van der Waals surface area contributed by atoms with E-state index in [1.54, 1.807) is 0 Å². The van der Waals surface area contributed by atoms with E-state index in [4.69, 9.17) is 0 Å². The van der Waals surface area contributed by atoms with Gasteiger partial charge in [-0.25, -0.2) is 0 Å². The van der Waals surface area contributed by atoms with Crippen molar-refractivity contribution in [2.24, 2.45) is 11.8 Å². The van der Waals surface area contributed by atoms with Gasteiger partial charge >= 0.3 is 18.2 Å². The van der Waals surface area contributed by atoms with Crippen molar-refractivity contribution in [2.75, 3.05) is 0 Å². The molecule has 0 amide bonds.